The van der Waals surface area contributed by atoms with E-state index < -0.39 is 0 Å². The largest absolute Gasteiger partial charge is 0.496 e. The van der Waals surface area contributed by atoms with Gasteiger partial charge in [-0.1, -0.05) is 19.1 Å². The summed E-state index contributed by atoms with van der Waals surface area (Å²) in [6, 6.07) is 10.4. The van der Waals surface area contributed by atoms with Crippen LogP contribution in [0.3, 0.4) is 0 Å². The van der Waals surface area contributed by atoms with E-state index in [4.69, 9.17) is 4.74 Å². The standard InChI is InChI=1S/C16H21NOS2/c1-13(9-17-10-14-7-8-19-12-14)11-20-16-6-4-3-5-15(16)18-2/h3-8,12-13,17H,9-11H2,1-2H3. The summed E-state index contributed by atoms with van der Waals surface area (Å²) in [5.41, 5.74) is 1.37. The molecule has 4 heteroatoms. The number of para-hydroxylation sites is 1. The van der Waals surface area contributed by atoms with Crippen LogP contribution >= 0.6 is 23.1 Å². The fourth-order valence-corrected chi connectivity index (χ4v) is 3.60. The molecule has 0 saturated carbocycles. The van der Waals surface area contributed by atoms with Crippen molar-refractivity contribution in [2.75, 3.05) is 19.4 Å². The lowest BCUT2D eigenvalue weighted by Crippen LogP contribution is -2.21. The van der Waals surface area contributed by atoms with Crippen molar-refractivity contribution in [1.29, 1.82) is 0 Å². The maximum absolute atomic E-state index is 5.37. The number of rotatable bonds is 8. The first kappa shape index (κ1) is 15.4. The summed E-state index contributed by atoms with van der Waals surface area (Å²) in [4.78, 5) is 1.22. The zero-order valence-corrected chi connectivity index (χ0v) is 13.6. The Morgan fingerprint density at radius 2 is 2.15 bits per heavy atom. The monoisotopic (exact) mass is 307 g/mol. The highest BCUT2D eigenvalue weighted by Crippen LogP contribution is 2.29. The molecule has 108 valence electrons. The number of methoxy groups -OCH3 is 1. The molecule has 0 aliphatic rings. The first-order chi connectivity index (χ1) is 9.79. The number of hydrogen-bond acceptors (Lipinski definition) is 4. The highest BCUT2D eigenvalue weighted by molar-refractivity contribution is 7.99. The zero-order chi connectivity index (χ0) is 14.2. The Kier molecular flexibility index (Phi) is 6.43. The molecule has 0 aliphatic heterocycles. The molecule has 1 N–H and O–H groups in total. The number of ether oxygens (including phenoxy) is 1. The second-order valence-corrected chi connectivity index (χ2v) is 6.67. The molecule has 0 bridgehead atoms. The van der Waals surface area contributed by atoms with Gasteiger partial charge in [0.2, 0.25) is 0 Å². The summed E-state index contributed by atoms with van der Waals surface area (Å²) in [6.45, 7) is 4.29. The molecule has 1 atom stereocenters. The van der Waals surface area contributed by atoms with Gasteiger partial charge in [-0.2, -0.15) is 11.3 Å². The molecule has 0 spiro atoms. The predicted molar refractivity (Wildman–Crippen MR) is 88.9 cm³/mol. The molecular weight excluding hydrogens is 286 g/mol. The van der Waals surface area contributed by atoms with Gasteiger partial charge in [0.15, 0.2) is 0 Å². The van der Waals surface area contributed by atoms with E-state index in [1.807, 2.05) is 23.9 Å². The lowest BCUT2D eigenvalue weighted by Gasteiger charge is -2.13. The highest BCUT2D eigenvalue weighted by atomic mass is 32.2. The Hall–Kier alpha value is -0.970. The van der Waals surface area contributed by atoms with Crippen LogP contribution in [0.5, 0.6) is 5.75 Å². The van der Waals surface area contributed by atoms with E-state index in [9.17, 15) is 0 Å². The molecule has 0 fully saturated rings. The Morgan fingerprint density at radius 1 is 1.30 bits per heavy atom. The molecular formula is C16H21NOS2. The smallest absolute Gasteiger partial charge is 0.132 e. The number of benzene rings is 1. The van der Waals surface area contributed by atoms with Crippen molar-refractivity contribution in [3.05, 3.63) is 46.7 Å². The van der Waals surface area contributed by atoms with E-state index in [0.29, 0.717) is 5.92 Å². The molecule has 20 heavy (non-hydrogen) atoms. The van der Waals surface area contributed by atoms with Gasteiger partial charge in [0, 0.05) is 17.2 Å². The maximum atomic E-state index is 5.37. The molecule has 2 rings (SSSR count). The van der Waals surface area contributed by atoms with Crippen molar-refractivity contribution in [2.45, 2.75) is 18.4 Å². The van der Waals surface area contributed by atoms with Gasteiger partial charge in [0.05, 0.1) is 7.11 Å². The summed E-state index contributed by atoms with van der Waals surface area (Å²) in [6.07, 6.45) is 0. The van der Waals surface area contributed by atoms with Crippen molar-refractivity contribution in [2.24, 2.45) is 5.92 Å². The normalized spacial score (nSPS) is 12.3. The summed E-state index contributed by atoms with van der Waals surface area (Å²) in [7, 11) is 1.73. The average molecular weight is 307 g/mol. The average Bonchev–Trinajstić information content (AvgIpc) is 2.98. The number of thiophene rings is 1. The minimum atomic E-state index is 0.628. The van der Waals surface area contributed by atoms with Gasteiger partial charge < -0.3 is 10.1 Å². The number of hydrogen-bond donors (Lipinski definition) is 1. The van der Waals surface area contributed by atoms with Crippen LogP contribution in [0.1, 0.15) is 12.5 Å². The fraction of sp³-hybridized carbons (Fsp3) is 0.375. The van der Waals surface area contributed by atoms with E-state index in [2.05, 4.69) is 41.2 Å². The van der Waals surface area contributed by atoms with Crippen molar-refractivity contribution in [3.8, 4) is 5.75 Å². The summed E-state index contributed by atoms with van der Waals surface area (Å²) in [5, 5.41) is 7.83. The van der Waals surface area contributed by atoms with Crippen LogP contribution in [0, 0.1) is 5.92 Å². The van der Waals surface area contributed by atoms with Crippen LogP contribution < -0.4 is 10.1 Å². The molecule has 0 amide bonds. The van der Waals surface area contributed by atoms with Gasteiger partial charge in [-0.25, -0.2) is 0 Å². The van der Waals surface area contributed by atoms with Gasteiger partial charge in [0.1, 0.15) is 5.75 Å². The van der Waals surface area contributed by atoms with Crippen molar-refractivity contribution < 1.29 is 4.74 Å². The van der Waals surface area contributed by atoms with Gasteiger partial charge in [0.25, 0.3) is 0 Å². The lowest BCUT2D eigenvalue weighted by molar-refractivity contribution is 0.404. The molecule has 1 unspecified atom stereocenters. The number of nitrogens with one attached hydrogen (secondary N) is 1. The van der Waals surface area contributed by atoms with E-state index in [-0.39, 0.29) is 0 Å². The number of thioether (sulfide) groups is 1. The quantitative estimate of drug-likeness (QED) is 0.736. The van der Waals surface area contributed by atoms with E-state index in [1.165, 1.54) is 10.5 Å². The molecule has 1 aromatic heterocycles. The van der Waals surface area contributed by atoms with Crippen molar-refractivity contribution in [3.63, 3.8) is 0 Å². The van der Waals surface area contributed by atoms with Crippen LogP contribution in [0.4, 0.5) is 0 Å². The van der Waals surface area contributed by atoms with Gasteiger partial charge >= 0.3 is 0 Å². The molecule has 1 heterocycles. The Labute approximate surface area is 129 Å². The zero-order valence-electron chi connectivity index (χ0n) is 12.0. The molecule has 2 aromatic rings. The topological polar surface area (TPSA) is 21.3 Å². The molecule has 0 radical (unpaired) electrons. The minimum Gasteiger partial charge on any atom is -0.496 e. The second-order valence-electron chi connectivity index (χ2n) is 4.83. The van der Waals surface area contributed by atoms with Crippen LogP contribution in [0.15, 0.2) is 46.0 Å². The van der Waals surface area contributed by atoms with E-state index >= 15 is 0 Å². The Balaban J connectivity index is 1.70. The molecule has 0 saturated heterocycles. The van der Waals surface area contributed by atoms with E-state index in [0.717, 1.165) is 24.6 Å². The fourth-order valence-electron chi connectivity index (χ4n) is 1.89. The van der Waals surface area contributed by atoms with Crippen molar-refractivity contribution in [1.82, 2.24) is 5.32 Å². The van der Waals surface area contributed by atoms with Crippen LogP contribution in [-0.4, -0.2) is 19.4 Å². The Bertz CT molecular complexity index is 499. The van der Waals surface area contributed by atoms with Crippen LogP contribution in [0.25, 0.3) is 0 Å². The van der Waals surface area contributed by atoms with Gasteiger partial charge in [-0.15, -0.1) is 11.8 Å². The second kappa shape index (κ2) is 8.35. The minimum absolute atomic E-state index is 0.628. The lowest BCUT2D eigenvalue weighted by atomic mass is 10.2. The van der Waals surface area contributed by atoms with Crippen LogP contribution in [-0.2, 0) is 6.54 Å². The Morgan fingerprint density at radius 3 is 2.90 bits per heavy atom. The first-order valence-corrected chi connectivity index (χ1v) is 8.70. The molecule has 1 aromatic carbocycles. The molecule has 0 aliphatic carbocycles. The first-order valence-electron chi connectivity index (χ1n) is 6.77. The van der Waals surface area contributed by atoms with Crippen molar-refractivity contribution >= 4 is 23.1 Å². The SMILES string of the molecule is COc1ccccc1SCC(C)CNCc1ccsc1. The predicted octanol–water partition coefficient (Wildman–Crippen LogP) is 4.27. The van der Waals surface area contributed by atoms with Gasteiger partial charge in [-0.05, 0) is 47.0 Å². The highest BCUT2D eigenvalue weighted by Gasteiger charge is 2.06. The van der Waals surface area contributed by atoms with Gasteiger partial charge in [-0.3, -0.25) is 0 Å². The van der Waals surface area contributed by atoms with Crippen LogP contribution in [0.2, 0.25) is 0 Å². The third kappa shape index (κ3) is 4.85. The summed E-state index contributed by atoms with van der Waals surface area (Å²) in [5.74, 6) is 2.69. The molecule has 2 nitrogen and oxygen atoms in total. The summed E-state index contributed by atoms with van der Waals surface area (Å²) < 4.78 is 5.37. The maximum Gasteiger partial charge on any atom is 0.132 e. The third-order valence-corrected chi connectivity index (χ3v) is 5.11. The van der Waals surface area contributed by atoms with E-state index in [1.54, 1.807) is 18.4 Å². The summed E-state index contributed by atoms with van der Waals surface area (Å²) >= 11 is 3.62. The third-order valence-electron chi connectivity index (χ3n) is 2.99.